The van der Waals surface area contributed by atoms with Crippen molar-refractivity contribution in [2.75, 3.05) is 5.32 Å². The van der Waals surface area contributed by atoms with E-state index < -0.39 is 0 Å². The summed E-state index contributed by atoms with van der Waals surface area (Å²) >= 11 is 3.18. The molecule has 0 spiro atoms. The second-order valence-electron chi connectivity index (χ2n) is 5.56. The van der Waals surface area contributed by atoms with Gasteiger partial charge in [0.05, 0.1) is 16.3 Å². The number of aromatic nitrogens is 1. The molecule has 0 fully saturated rings. The predicted octanol–water partition coefficient (Wildman–Crippen LogP) is 5.44. The first-order valence-corrected chi connectivity index (χ1v) is 9.60. The van der Waals surface area contributed by atoms with Gasteiger partial charge >= 0.3 is 0 Å². The maximum absolute atomic E-state index is 13.7. The van der Waals surface area contributed by atoms with Gasteiger partial charge in [0.15, 0.2) is 0 Å². The van der Waals surface area contributed by atoms with E-state index in [9.17, 15) is 9.18 Å². The number of amides is 1. The Hall–Kier alpha value is -2.18. The third-order valence-corrected chi connectivity index (χ3v) is 5.53. The summed E-state index contributed by atoms with van der Waals surface area (Å²) in [5.41, 5.74) is 2.57. The number of nitrogens with zero attached hydrogens (tertiary/aromatic N) is 1. The highest BCUT2D eigenvalue weighted by Gasteiger charge is 2.13. The standard InChI is InChI=1S/C19H17FN2OS2/c1-12-7-8-14(9-17(12)20)22-19(23)16-5-3-4-6-18(16)25-11-15-10-24-13(2)21-15/h3-10H,11H2,1-2H3,(H,22,23). The van der Waals surface area contributed by atoms with Crippen molar-refractivity contribution < 1.29 is 9.18 Å². The summed E-state index contributed by atoms with van der Waals surface area (Å²) in [4.78, 5) is 17.9. The highest BCUT2D eigenvalue weighted by Crippen LogP contribution is 2.27. The average molecular weight is 372 g/mol. The Kier molecular flexibility index (Phi) is 5.50. The first-order valence-electron chi connectivity index (χ1n) is 7.73. The van der Waals surface area contributed by atoms with Gasteiger partial charge in [0.25, 0.3) is 5.91 Å². The zero-order valence-electron chi connectivity index (χ0n) is 13.9. The van der Waals surface area contributed by atoms with Crippen LogP contribution in [0.1, 0.15) is 26.6 Å². The smallest absolute Gasteiger partial charge is 0.256 e. The lowest BCUT2D eigenvalue weighted by atomic mass is 10.2. The number of thioether (sulfide) groups is 1. The van der Waals surface area contributed by atoms with E-state index >= 15 is 0 Å². The molecule has 1 amide bonds. The van der Waals surface area contributed by atoms with Crippen LogP contribution in [0.15, 0.2) is 52.7 Å². The lowest BCUT2D eigenvalue weighted by molar-refractivity contribution is 0.102. The third-order valence-electron chi connectivity index (χ3n) is 3.60. The monoisotopic (exact) mass is 372 g/mol. The summed E-state index contributed by atoms with van der Waals surface area (Å²) in [7, 11) is 0. The van der Waals surface area contributed by atoms with Crippen LogP contribution >= 0.6 is 23.1 Å². The average Bonchev–Trinajstić information content (AvgIpc) is 3.02. The normalized spacial score (nSPS) is 10.7. The van der Waals surface area contributed by atoms with Gasteiger partial charge in [-0.05, 0) is 43.7 Å². The molecule has 3 rings (SSSR count). The highest BCUT2D eigenvalue weighted by molar-refractivity contribution is 7.98. The molecular formula is C19H17FN2OS2. The Bertz CT molecular complexity index is 908. The summed E-state index contributed by atoms with van der Waals surface area (Å²) in [5, 5.41) is 5.82. The first-order chi connectivity index (χ1) is 12.0. The van der Waals surface area contributed by atoms with Crippen molar-refractivity contribution in [2.45, 2.75) is 24.5 Å². The molecule has 25 heavy (non-hydrogen) atoms. The largest absolute Gasteiger partial charge is 0.322 e. The van der Waals surface area contributed by atoms with E-state index in [-0.39, 0.29) is 11.7 Å². The highest BCUT2D eigenvalue weighted by atomic mass is 32.2. The fraction of sp³-hybridized carbons (Fsp3) is 0.158. The van der Waals surface area contributed by atoms with Crippen LogP contribution in [0.4, 0.5) is 10.1 Å². The van der Waals surface area contributed by atoms with E-state index in [1.165, 1.54) is 6.07 Å². The minimum absolute atomic E-state index is 0.249. The van der Waals surface area contributed by atoms with Crippen LogP contribution in [-0.2, 0) is 5.75 Å². The molecule has 3 nitrogen and oxygen atoms in total. The molecule has 0 unspecified atom stereocenters. The molecule has 0 aliphatic rings. The summed E-state index contributed by atoms with van der Waals surface area (Å²) in [5.74, 6) is 0.119. The van der Waals surface area contributed by atoms with E-state index in [0.717, 1.165) is 15.6 Å². The van der Waals surface area contributed by atoms with Gasteiger partial charge < -0.3 is 5.32 Å². The Morgan fingerprint density at radius 1 is 1.24 bits per heavy atom. The summed E-state index contributed by atoms with van der Waals surface area (Å²) in [6.45, 7) is 3.66. The quantitative estimate of drug-likeness (QED) is 0.606. The number of benzene rings is 2. The fourth-order valence-corrected chi connectivity index (χ4v) is 3.94. The number of hydrogen-bond acceptors (Lipinski definition) is 4. The molecule has 1 heterocycles. The number of hydrogen-bond donors (Lipinski definition) is 1. The van der Waals surface area contributed by atoms with Crippen molar-refractivity contribution in [1.29, 1.82) is 0 Å². The maximum Gasteiger partial charge on any atom is 0.256 e. The second kappa shape index (κ2) is 7.80. The van der Waals surface area contributed by atoms with Gasteiger partial charge in [-0.3, -0.25) is 4.79 Å². The van der Waals surface area contributed by atoms with Gasteiger partial charge in [-0.2, -0.15) is 0 Å². The number of aryl methyl sites for hydroxylation is 2. The van der Waals surface area contributed by atoms with E-state index in [2.05, 4.69) is 10.3 Å². The van der Waals surface area contributed by atoms with Crippen LogP contribution < -0.4 is 5.32 Å². The lowest BCUT2D eigenvalue weighted by Crippen LogP contribution is -2.13. The number of rotatable bonds is 5. The van der Waals surface area contributed by atoms with Crippen LogP contribution in [0.25, 0.3) is 0 Å². The van der Waals surface area contributed by atoms with Crippen molar-refractivity contribution in [2.24, 2.45) is 0 Å². The van der Waals surface area contributed by atoms with Crippen molar-refractivity contribution in [3.05, 3.63) is 75.5 Å². The van der Waals surface area contributed by atoms with Gasteiger partial charge in [-0.25, -0.2) is 9.37 Å². The topological polar surface area (TPSA) is 42.0 Å². The predicted molar refractivity (Wildman–Crippen MR) is 102 cm³/mol. The zero-order valence-corrected chi connectivity index (χ0v) is 15.5. The lowest BCUT2D eigenvalue weighted by Gasteiger charge is -2.10. The Morgan fingerprint density at radius 3 is 2.76 bits per heavy atom. The van der Waals surface area contributed by atoms with Gasteiger partial charge in [-0.15, -0.1) is 23.1 Å². The zero-order chi connectivity index (χ0) is 17.8. The molecule has 0 radical (unpaired) electrons. The van der Waals surface area contributed by atoms with Gasteiger partial charge in [0.1, 0.15) is 5.82 Å². The van der Waals surface area contributed by atoms with Crippen molar-refractivity contribution in [3.63, 3.8) is 0 Å². The van der Waals surface area contributed by atoms with E-state index in [1.54, 1.807) is 48.2 Å². The van der Waals surface area contributed by atoms with Crippen LogP contribution in [-0.4, -0.2) is 10.9 Å². The Labute approximate surface area is 154 Å². The summed E-state index contributed by atoms with van der Waals surface area (Å²) < 4.78 is 13.7. The number of carbonyl (C=O) groups excluding carboxylic acids is 1. The number of anilines is 1. The molecule has 1 N–H and O–H groups in total. The molecule has 0 aliphatic carbocycles. The Balaban J connectivity index is 1.74. The summed E-state index contributed by atoms with van der Waals surface area (Å²) in [6.07, 6.45) is 0. The van der Waals surface area contributed by atoms with E-state index in [0.29, 0.717) is 22.6 Å². The number of nitrogens with one attached hydrogen (secondary N) is 1. The minimum atomic E-state index is -0.334. The fourth-order valence-electron chi connectivity index (χ4n) is 2.28. The second-order valence-corrected chi connectivity index (χ2v) is 7.64. The molecule has 2 aromatic carbocycles. The van der Waals surface area contributed by atoms with Crippen molar-refractivity contribution in [3.8, 4) is 0 Å². The maximum atomic E-state index is 13.7. The number of carbonyl (C=O) groups is 1. The van der Waals surface area contributed by atoms with Crippen LogP contribution in [0.3, 0.4) is 0 Å². The molecule has 0 atom stereocenters. The number of thiazole rings is 1. The molecule has 3 aromatic rings. The molecule has 0 aliphatic heterocycles. The van der Waals surface area contributed by atoms with Crippen LogP contribution in [0, 0.1) is 19.7 Å². The van der Waals surface area contributed by atoms with Gasteiger partial charge in [-0.1, -0.05) is 18.2 Å². The SMILES string of the molecule is Cc1nc(CSc2ccccc2C(=O)Nc2ccc(C)c(F)c2)cs1. The molecule has 6 heteroatoms. The molecule has 0 saturated carbocycles. The van der Waals surface area contributed by atoms with Crippen molar-refractivity contribution >= 4 is 34.7 Å². The first kappa shape index (κ1) is 17.6. The van der Waals surface area contributed by atoms with E-state index in [1.807, 2.05) is 30.5 Å². The minimum Gasteiger partial charge on any atom is -0.322 e. The molecular weight excluding hydrogens is 355 g/mol. The summed E-state index contributed by atoms with van der Waals surface area (Å²) in [6, 6.07) is 12.1. The molecule has 0 bridgehead atoms. The van der Waals surface area contributed by atoms with Crippen molar-refractivity contribution in [1.82, 2.24) is 4.98 Å². The Morgan fingerprint density at radius 2 is 2.04 bits per heavy atom. The molecule has 128 valence electrons. The number of halogens is 1. The third kappa shape index (κ3) is 4.46. The van der Waals surface area contributed by atoms with Crippen LogP contribution in [0.5, 0.6) is 0 Å². The van der Waals surface area contributed by atoms with Gasteiger partial charge in [0, 0.05) is 21.7 Å². The van der Waals surface area contributed by atoms with Crippen LogP contribution in [0.2, 0.25) is 0 Å². The van der Waals surface area contributed by atoms with Gasteiger partial charge in [0.2, 0.25) is 0 Å². The molecule has 1 aromatic heterocycles. The van der Waals surface area contributed by atoms with E-state index in [4.69, 9.17) is 0 Å². The molecule has 0 saturated heterocycles.